The second kappa shape index (κ2) is 7.34. The van der Waals surface area contributed by atoms with Gasteiger partial charge in [0, 0.05) is 0 Å². The summed E-state index contributed by atoms with van der Waals surface area (Å²) >= 11 is 0. The molecule has 5 nitrogen and oxygen atoms in total. The van der Waals surface area contributed by atoms with E-state index in [1.54, 1.807) is 0 Å². The van der Waals surface area contributed by atoms with Crippen LogP contribution in [0.5, 0.6) is 0 Å². The van der Waals surface area contributed by atoms with Crippen LogP contribution in [-0.4, -0.2) is 18.5 Å². The highest BCUT2D eigenvalue weighted by Gasteiger charge is 2.16. The lowest BCUT2D eigenvalue weighted by atomic mass is 9.89. The van der Waals surface area contributed by atoms with E-state index in [1.807, 2.05) is 6.92 Å². The van der Waals surface area contributed by atoms with Gasteiger partial charge in [-0.2, -0.15) is 0 Å². The molecule has 1 heterocycles. The summed E-state index contributed by atoms with van der Waals surface area (Å²) in [7, 11) is 0. The molecule has 0 saturated heterocycles. The second-order valence-electron chi connectivity index (χ2n) is 6.11. The average molecular weight is 327 g/mol. The molecule has 1 atom stereocenters. The SMILES string of the molecule is CC(NC(=O)COC(=O)c1ccoc1)c1ccc2c(c1)CCCC2. The third kappa shape index (κ3) is 3.85. The number of rotatable bonds is 5. The van der Waals surface area contributed by atoms with Crippen LogP contribution in [0.3, 0.4) is 0 Å². The number of nitrogens with one attached hydrogen (secondary N) is 1. The number of esters is 1. The maximum atomic E-state index is 12.0. The quantitative estimate of drug-likeness (QED) is 0.856. The molecule has 1 aliphatic carbocycles. The lowest BCUT2D eigenvalue weighted by molar-refractivity contribution is -0.124. The van der Waals surface area contributed by atoms with E-state index < -0.39 is 5.97 Å². The van der Waals surface area contributed by atoms with Crippen molar-refractivity contribution in [3.05, 3.63) is 59.0 Å². The monoisotopic (exact) mass is 327 g/mol. The Kier molecular flexibility index (Phi) is 4.99. The van der Waals surface area contributed by atoms with Gasteiger partial charge in [0.25, 0.3) is 5.91 Å². The number of furan rings is 1. The highest BCUT2D eigenvalue weighted by molar-refractivity contribution is 5.90. The topological polar surface area (TPSA) is 68.5 Å². The van der Waals surface area contributed by atoms with Gasteiger partial charge in [-0.25, -0.2) is 4.79 Å². The minimum Gasteiger partial charge on any atom is -0.472 e. The molecular formula is C19H21NO4. The van der Waals surface area contributed by atoms with Gasteiger partial charge in [-0.3, -0.25) is 4.79 Å². The minimum absolute atomic E-state index is 0.127. The Labute approximate surface area is 141 Å². The summed E-state index contributed by atoms with van der Waals surface area (Å²) < 4.78 is 9.77. The molecule has 1 aromatic carbocycles. The van der Waals surface area contributed by atoms with Gasteiger partial charge in [0.1, 0.15) is 6.26 Å². The van der Waals surface area contributed by atoms with Crippen LogP contribution < -0.4 is 5.32 Å². The lowest BCUT2D eigenvalue weighted by Gasteiger charge is -2.20. The minimum atomic E-state index is -0.569. The summed E-state index contributed by atoms with van der Waals surface area (Å²) in [6, 6.07) is 7.77. The van der Waals surface area contributed by atoms with Crippen molar-refractivity contribution in [1.29, 1.82) is 0 Å². The number of ether oxygens (including phenoxy) is 1. The first kappa shape index (κ1) is 16.3. The number of hydrogen-bond acceptors (Lipinski definition) is 4. The van der Waals surface area contributed by atoms with Gasteiger partial charge < -0.3 is 14.5 Å². The molecule has 1 amide bonds. The molecule has 1 aliphatic rings. The summed E-state index contributed by atoms with van der Waals surface area (Å²) in [5.74, 6) is -0.891. The zero-order valence-electron chi connectivity index (χ0n) is 13.7. The average Bonchev–Trinajstić information content (AvgIpc) is 3.14. The van der Waals surface area contributed by atoms with Crippen LogP contribution >= 0.6 is 0 Å². The Morgan fingerprint density at radius 2 is 2.00 bits per heavy atom. The molecule has 0 saturated carbocycles. The zero-order chi connectivity index (χ0) is 16.9. The van der Waals surface area contributed by atoms with Crippen molar-refractivity contribution in [2.24, 2.45) is 0 Å². The van der Waals surface area contributed by atoms with Crippen molar-refractivity contribution in [2.45, 2.75) is 38.6 Å². The number of fused-ring (bicyclic) bond motifs is 1. The Morgan fingerprint density at radius 3 is 2.75 bits per heavy atom. The molecule has 0 bridgehead atoms. The van der Waals surface area contributed by atoms with E-state index >= 15 is 0 Å². The normalized spacial score (nSPS) is 14.5. The van der Waals surface area contributed by atoms with Gasteiger partial charge in [0.15, 0.2) is 6.61 Å². The van der Waals surface area contributed by atoms with Crippen molar-refractivity contribution >= 4 is 11.9 Å². The first-order valence-electron chi connectivity index (χ1n) is 8.24. The van der Waals surface area contributed by atoms with Gasteiger partial charge in [0.2, 0.25) is 0 Å². The van der Waals surface area contributed by atoms with E-state index in [1.165, 1.54) is 42.6 Å². The van der Waals surface area contributed by atoms with Crippen molar-refractivity contribution in [1.82, 2.24) is 5.32 Å². The standard InChI is InChI=1S/C19H21NO4/c1-13(15-7-6-14-4-2-3-5-16(14)10-15)20-18(21)12-24-19(22)17-8-9-23-11-17/h6-11,13H,2-5,12H2,1H3,(H,20,21). The van der Waals surface area contributed by atoms with Crippen molar-refractivity contribution in [3.63, 3.8) is 0 Å². The molecule has 0 radical (unpaired) electrons. The van der Waals surface area contributed by atoms with Crippen molar-refractivity contribution in [2.75, 3.05) is 6.61 Å². The van der Waals surface area contributed by atoms with Gasteiger partial charge in [-0.1, -0.05) is 18.2 Å². The predicted molar refractivity (Wildman–Crippen MR) is 88.6 cm³/mol. The molecule has 1 N–H and O–H groups in total. The van der Waals surface area contributed by atoms with Gasteiger partial charge >= 0.3 is 5.97 Å². The molecule has 0 fully saturated rings. The number of carbonyl (C=O) groups is 2. The molecule has 5 heteroatoms. The molecule has 1 aromatic heterocycles. The molecular weight excluding hydrogens is 306 g/mol. The van der Waals surface area contributed by atoms with E-state index in [4.69, 9.17) is 9.15 Å². The third-order valence-electron chi connectivity index (χ3n) is 4.34. The van der Waals surface area contributed by atoms with Crippen LogP contribution in [0, 0.1) is 0 Å². The fraction of sp³-hybridized carbons (Fsp3) is 0.368. The molecule has 0 spiro atoms. The van der Waals surface area contributed by atoms with Crippen LogP contribution in [0.15, 0.2) is 41.2 Å². The predicted octanol–water partition coefficient (Wildman–Crippen LogP) is 3.19. The second-order valence-corrected chi connectivity index (χ2v) is 6.11. The zero-order valence-corrected chi connectivity index (χ0v) is 13.7. The lowest BCUT2D eigenvalue weighted by Crippen LogP contribution is -2.31. The fourth-order valence-electron chi connectivity index (χ4n) is 2.98. The molecule has 3 rings (SSSR count). The van der Waals surface area contributed by atoms with Crippen molar-refractivity contribution in [3.8, 4) is 0 Å². The van der Waals surface area contributed by atoms with Gasteiger partial charge in [-0.15, -0.1) is 0 Å². The van der Waals surface area contributed by atoms with Crippen LogP contribution in [-0.2, 0) is 22.4 Å². The van der Waals surface area contributed by atoms with Crippen LogP contribution in [0.4, 0.5) is 0 Å². The highest BCUT2D eigenvalue weighted by Crippen LogP contribution is 2.24. The summed E-state index contributed by atoms with van der Waals surface area (Å²) in [5.41, 5.74) is 4.17. The number of benzene rings is 1. The Balaban J connectivity index is 1.53. The van der Waals surface area contributed by atoms with Gasteiger partial charge in [-0.05, 0) is 55.4 Å². The molecule has 1 unspecified atom stereocenters. The smallest absolute Gasteiger partial charge is 0.341 e. The maximum Gasteiger partial charge on any atom is 0.341 e. The number of hydrogen-bond donors (Lipinski definition) is 1. The first-order valence-corrected chi connectivity index (χ1v) is 8.24. The van der Waals surface area contributed by atoms with E-state index in [0.29, 0.717) is 5.56 Å². The molecule has 126 valence electrons. The molecule has 2 aromatic rings. The molecule has 0 aliphatic heterocycles. The van der Waals surface area contributed by atoms with Crippen LogP contribution in [0.1, 0.15) is 52.9 Å². The Morgan fingerprint density at radius 1 is 1.21 bits per heavy atom. The number of amides is 1. The summed E-state index contributed by atoms with van der Waals surface area (Å²) in [5, 5.41) is 2.86. The van der Waals surface area contributed by atoms with Crippen LogP contribution in [0.2, 0.25) is 0 Å². The van der Waals surface area contributed by atoms with E-state index in [-0.39, 0.29) is 18.6 Å². The van der Waals surface area contributed by atoms with Gasteiger partial charge in [0.05, 0.1) is 17.9 Å². The highest BCUT2D eigenvalue weighted by atomic mass is 16.5. The fourth-order valence-corrected chi connectivity index (χ4v) is 2.98. The Hall–Kier alpha value is -2.56. The maximum absolute atomic E-state index is 12.0. The third-order valence-corrected chi connectivity index (χ3v) is 4.34. The number of carbonyl (C=O) groups excluding carboxylic acids is 2. The summed E-state index contributed by atoms with van der Waals surface area (Å²) in [6.07, 6.45) is 7.39. The first-order chi connectivity index (χ1) is 11.6. The largest absolute Gasteiger partial charge is 0.472 e. The van der Waals surface area contributed by atoms with E-state index in [0.717, 1.165) is 18.4 Å². The van der Waals surface area contributed by atoms with Crippen molar-refractivity contribution < 1.29 is 18.7 Å². The van der Waals surface area contributed by atoms with E-state index in [2.05, 4.69) is 23.5 Å². The molecule has 24 heavy (non-hydrogen) atoms. The summed E-state index contributed by atoms with van der Waals surface area (Å²) in [6.45, 7) is 1.62. The van der Waals surface area contributed by atoms with Crippen LogP contribution in [0.25, 0.3) is 0 Å². The number of aryl methyl sites for hydroxylation is 2. The van der Waals surface area contributed by atoms with E-state index in [9.17, 15) is 9.59 Å². The Bertz CT molecular complexity index is 721. The summed E-state index contributed by atoms with van der Waals surface area (Å²) in [4.78, 5) is 23.6.